The van der Waals surface area contributed by atoms with Crippen LogP contribution in [0.1, 0.15) is 43.1 Å². The molecular formula is C31H35F4N5O4S. The molecule has 0 radical (unpaired) electrons. The van der Waals surface area contributed by atoms with Gasteiger partial charge in [0, 0.05) is 37.1 Å². The van der Waals surface area contributed by atoms with E-state index in [4.69, 9.17) is 9.47 Å². The molecular weight excluding hydrogens is 614 g/mol. The Morgan fingerprint density at radius 3 is 2.53 bits per heavy atom. The SMILES string of the molecule is CNC(=O)c1ccc(NCC#Cc2cc3c(N[C@@H]4CCN(C(=O)OC(C)(C)C)C[C@@H]4F)cccn3c2SC(F)(F)F)c(OC)c1. The van der Waals surface area contributed by atoms with E-state index in [-0.39, 0.29) is 54.3 Å². The van der Waals surface area contributed by atoms with E-state index in [2.05, 4.69) is 27.8 Å². The second-order valence-electron chi connectivity index (χ2n) is 11.2. The lowest BCUT2D eigenvalue weighted by molar-refractivity contribution is -0.0330. The molecule has 0 spiro atoms. The standard InChI is InChI=1S/C31H35F4N5O4S/c1-30(2,3)44-29(42)39-15-12-22(21(32)18-39)38-23-9-7-14-40-25(23)16-20(28(40)45-31(33,34)35)8-6-13-37-24-11-10-19(27(41)36-4)17-26(24)43-5/h7,9-11,14,16-17,21-22,37-38H,12-13,15,18H2,1-5H3,(H,36,41)/t21-,22+/m0/s1. The maximum Gasteiger partial charge on any atom is 0.447 e. The molecule has 14 heteroatoms. The lowest BCUT2D eigenvalue weighted by Gasteiger charge is -2.36. The number of fused-ring (bicyclic) bond motifs is 1. The van der Waals surface area contributed by atoms with Crippen molar-refractivity contribution in [2.24, 2.45) is 0 Å². The predicted molar refractivity (Wildman–Crippen MR) is 166 cm³/mol. The number of amides is 2. The molecule has 45 heavy (non-hydrogen) atoms. The number of rotatable bonds is 7. The number of likely N-dealkylation sites (tertiary alicyclic amines) is 1. The first-order valence-corrected chi connectivity index (χ1v) is 14.9. The second kappa shape index (κ2) is 13.8. The van der Waals surface area contributed by atoms with Gasteiger partial charge in [-0.15, -0.1) is 0 Å². The number of methoxy groups -OCH3 is 1. The van der Waals surface area contributed by atoms with E-state index >= 15 is 4.39 Å². The third kappa shape index (κ3) is 8.69. The summed E-state index contributed by atoms with van der Waals surface area (Å²) in [5, 5.41) is 8.60. The number of anilines is 2. The van der Waals surface area contributed by atoms with Gasteiger partial charge < -0.3 is 34.7 Å². The number of carbonyl (C=O) groups is 2. The zero-order chi connectivity index (χ0) is 32.9. The Bertz CT molecular complexity index is 1610. The zero-order valence-electron chi connectivity index (χ0n) is 25.5. The quantitative estimate of drug-likeness (QED) is 0.161. The molecule has 3 heterocycles. The number of benzene rings is 1. The van der Waals surface area contributed by atoms with Gasteiger partial charge in [-0.3, -0.25) is 4.79 Å². The van der Waals surface area contributed by atoms with Crippen molar-refractivity contribution in [3.8, 4) is 17.6 Å². The van der Waals surface area contributed by atoms with Crippen LogP contribution in [0.15, 0.2) is 47.6 Å². The minimum Gasteiger partial charge on any atom is -0.495 e. The highest BCUT2D eigenvalue weighted by atomic mass is 32.2. The Labute approximate surface area is 263 Å². The lowest BCUT2D eigenvalue weighted by Crippen LogP contribution is -2.51. The van der Waals surface area contributed by atoms with E-state index in [0.29, 0.717) is 28.2 Å². The summed E-state index contributed by atoms with van der Waals surface area (Å²) in [4.78, 5) is 25.6. The van der Waals surface area contributed by atoms with Gasteiger partial charge in [-0.05, 0) is 63.6 Å². The molecule has 2 aromatic heterocycles. The predicted octanol–water partition coefficient (Wildman–Crippen LogP) is 6.14. The molecule has 0 bridgehead atoms. The van der Waals surface area contributed by atoms with Crippen molar-refractivity contribution in [1.82, 2.24) is 14.6 Å². The number of hydrogen-bond donors (Lipinski definition) is 3. The van der Waals surface area contributed by atoms with Gasteiger partial charge in [-0.1, -0.05) is 11.8 Å². The first-order valence-electron chi connectivity index (χ1n) is 14.1. The van der Waals surface area contributed by atoms with Crippen molar-refractivity contribution in [2.75, 3.05) is 44.4 Å². The average molecular weight is 650 g/mol. The molecule has 3 N–H and O–H groups in total. The number of nitrogens with one attached hydrogen (secondary N) is 3. The third-order valence-corrected chi connectivity index (χ3v) is 7.63. The molecule has 2 amide bonds. The van der Waals surface area contributed by atoms with Crippen LogP contribution in [0.2, 0.25) is 0 Å². The Morgan fingerprint density at radius 1 is 1.13 bits per heavy atom. The summed E-state index contributed by atoms with van der Waals surface area (Å²) in [6.45, 7) is 5.36. The number of aromatic nitrogens is 1. The highest BCUT2D eigenvalue weighted by Gasteiger charge is 2.35. The Morgan fingerprint density at radius 2 is 1.89 bits per heavy atom. The number of ether oxygens (including phenoxy) is 2. The molecule has 1 saturated heterocycles. The smallest absolute Gasteiger partial charge is 0.447 e. The van der Waals surface area contributed by atoms with Crippen molar-refractivity contribution in [1.29, 1.82) is 0 Å². The monoisotopic (exact) mass is 649 g/mol. The first kappa shape index (κ1) is 33.6. The fourth-order valence-corrected chi connectivity index (χ4v) is 5.46. The summed E-state index contributed by atoms with van der Waals surface area (Å²) in [6.07, 6.45) is -0.255. The van der Waals surface area contributed by atoms with Crippen LogP contribution >= 0.6 is 11.8 Å². The molecule has 1 aromatic carbocycles. The van der Waals surface area contributed by atoms with Crippen LogP contribution in [0, 0.1) is 11.8 Å². The van der Waals surface area contributed by atoms with Gasteiger partial charge in [0.2, 0.25) is 0 Å². The Hall–Kier alpha value is -4.25. The van der Waals surface area contributed by atoms with E-state index in [9.17, 15) is 22.8 Å². The summed E-state index contributed by atoms with van der Waals surface area (Å²) in [6, 6.07) is 8.91. The fourth-order valence-electron chi connectivity index (χ4n) is 4.76. The van der Waals surface area contributed by atoms with Gasteiger partial charge in [0.25, 0.3) is 5.91 Å². The molecule has 1 fully saturated rings. The average Bonchev–Trinajstić information content (AvgIpc) is 3.31. The highest BCUT2D eigenvalue weighted by molar-refractivity contribution is 8.00. The molecule has 1 aliphatic rings. The first-order chi connectivity index (χ1) is 21.2. The molecule has 242 valence electrons. The number of hydrogen-bond acceptors (Lipinski definition) is 7. The maximum absolute atomic E-state index is 15.2. The summed E-state index contributed by atoms with van der Waals surface area (Å²) < 4.78 is 68.1. The van der Waals surface area contributed by atoms with Gasteiger partial charge >= 0.3 is 11.6 Å². The minimum atomic E-state index is -4.58. The molecule has 0 saturated carbocycles. The number of nitrogens with zero attached hydrogens (tertiary/aromatic N) is 2. The second-order valence-corrected chi connectivity index (χ2v) is 12.3. The minimum absolute atomic E-state index is 0.0723. The van der Waals surface area contributed by atoms with Gasteiger partial charge in [0.15, 0.2) is 0 Å². The fraction of sp³-hybridized carbons (Fsp3) is 0.419. The van der Waals surface area contributed by atoms with Gasteiger partial charge in [-0.25, -0.2) is 9.18 Å². The van der Waals surface area contributed by atoms with Crippen molar-refractivity contribution >= 4 is 40.7 Å². The molecule has 2 atom stereocenters. The number of alkyl halides is 4. The number of piperidine rings is 1. The molecule has 0 aliphatic carbocycles. The maximum atomic E-state index is 15.2. The molecule has 3 aromatic rings. The van der Waals surface area contributed by atoms with Crippen LogP contribution in [0.25, 0.3) is 5.52 Å². The van der Waals surface area contributed by atoms with Crippen molar-refractivity contribution in [2.45, 2.75) is 55.5 Å². The summed E-state index contributed by atoms with van der Waals surface area (Å²) in [7, 11) is 2.97. The molecule has 0 unspecified atom stereocenters. The molecule has 9 nitrogen and oxygen atoms in total. The van der Waals surface area contributed by atoms with E-state index in [1.807, 2.05) is 0 Å². The van der Waals surface area contributed by atoms with Crippen LogP contribution in [0.5, 0.6) is 5.75 Å². The van der Waals surface area contributed by atoms with Crippen molar-refractivity contribution < 1.29 is 36.6 Å². The number of halogens is 4. The van der Waals surface area contributed by atoms with Crippen LogP contribution < -0.4 is 20.7 Å². The topological polar surface area (TPSA) is 96.3 Å². The lowest BCUT2D eigenvalue weighted by atomic mass is 10.0. The molecule has 1 aliphatic heterocycles. The van der Waals surface area contributed by atoms with E-state index in [0.717, 1.165) is 0 Å². The van der Waals surface area contributed by atoms with Crippen LogP contribution in [-0.2, 0) is 4.74 Å². The van der Waals surface area contributed by atoms with Crippen LogP contribution in [0.4, 0.5) is 33.7 Å². The van der Waals surface area contributed by atoms with Gasteiger partial charge in [-0.2, -0.15) is 13.2 Å². The van der Waals surface area contributed by atoms with E-state index in [1.165, 1.54) is 35.7 Å². The van der Waals surface area contributed by atoms with Crippen LogP contribution in [-0.4, -0.2) is 78.4 Å². The highest BCUT2D eigenvalue weighted by Crippen LogP contribution is 2.41. The number of pyridine rings is 1. The molecule has 4 rings (SSSR count). The number of thioether (sulfide) groups is 1. The largest absolute Gasteiger partial charge is 0.495 e. The Kier molecular flexibility index (Phi) is 10.3. The summed E-state index contributed by atoms with van der Waals surface area (Å²) >= 11 is -0.284. The number of carbonyl (C=O) groups excluding carboxylic acids is 2. The van der Waals surface area contributed by atoms with E-state index < -0.39 is 29.4 Å². The summed E-state index contributed by atoms with van der Waals surface area (Å²) in [5.41, 5.74) is -3.36. The van der Waals surface area contributed by atoms with Crippen molar-refractivity contribution in [3.63, 3.8) is 0 Å². The van der Waals surface area contributed by atoms with Crippen molar-refractivity contribution in [3.05, 3.63) is 53.7 Å². The normalized spacial score (nSPS) is 16.9. The van der Waals surface area contributed by atoms with Gasteiger partial charge in [0.05, 0.1) is 48.7 Å². The van der Waals surface area contributed by atoms with Gasteiger partial charge in [0.1, 0.15) is 22.5 Å². The van der Waals surface area contributed by atoms with Crippen LogP contribution in [0.3, 0.4) is 0 Å². The Balaban J connectivity index is 1.54. The third-order valence-electron chi connectivity index (χ3n) is 6.79. The zero-order valence-corrected chi connectivity index (χ0v) is 26.3. The summed E-state index contributed by atoms with van der Waals surface area (Å²) in [5.74, 6) is 5.81. The van der Waals surface area contributed by atoms with E-state index in [1.54, 1.807) is 51.1 Å².